The van der Waals surface area contributed by atoms with Crippen molar-refractivity contribution in [3.63, 3.8) is 0 Å². The molecule has 0 saturated heterocycles. The van der Waals surface area contributed by atoms with Crippen LogP contribution in [0.3, 0.4) is 0 Å². The van der Waals surface area contributed by atoms with Crippen LogP contribution >= 0.6 is 34.2 Å². The van der Waals surface area contributed by atoms with Gasteiger partial charge in [-0.05, 0) is 83.5 Å². The molecule has 0 saturated carbocycles. The molecule has 0 aliphatic heterocycles. The number of benzene rings is 1. The normalized spacial score (nSPS) is 10.9. The molecule has 9 rings (SSSR count). The lowest BCUT2D eigenvalue weighted by Crippen LogP contribution is -2.24. The summed E-state index contributed by atoms with van der Waals surface area (Å²) in [4.78, 5) is 52.1. The first kappa shape index (κ1) is 35.3. The van der Waals surface area contributed by atoms with Gasteiger partial charge in [0, 0.05) is 76.5 Å². The minimum atomic E-state index is -0.205. The molecule has 1 amide bonds. The summed E-state index contributed by atoms with van der Waals surface area (Å²) < 4.78 is 3.11. The van der Waals surface area contributed by atoms with E-state index in [4.69, 9.17) is 17.3 Å². The highest BCUT2D eigenvalue weighted by Crippen LogP contribution is 2.23. The molecule has 0 aliphatic rings. The highest BCUT2D eigenvalue weighted by molar-refractivity contribution is 14.1. The van der Waals surface area contributed by atoms with E-state index < -0.39 is 0 Å². The number of aromatic amines is 2. The van der Waals surface area contributed by atoms with Crippen molar-refractivity contribution >= 4 is 89.9 Å². The van der Waals surface area contributed by atoms with E-state index in [0.717, 1.165) is 58.9 Å². The topological polar surface area (TPSA) is 195 Å². The van der Waals surface area contributed by atoms with Crippen molar-refractivity contribution in [3.05, 3.63) is 135 Å². The molecule has 14 nitrogen and oxygen atoms in total. The summed E-state index contributed by atoms with van der Waals surface area (Å²) in [5.74, 6) is 0.265. The number of rotatable bonds is 5. The Labute approximate surface area is 320 Å². The van der Waals surface area contributed by atoms with Crippen LogP contribution in [0, 0.1) is 17.4 Å². The van der Waals surface area contributed by atoms with Crippen LogP contribution in [0.5, 0.6) is 0 Å². The lowest BCUT2D eigenvalue weighted by atomic mass is 10.1. The number of nitrogens with two attached hydrogens (primary N) is 1. The Bertz CT molecular complexity index is 2670. The fourth-order valence-corrected chi connectivity index (χ4v) is 6.54. The van der Waals surface area contributed by atoms with Gasteiger partial charge in [-0.3, -0.25) is 9.78 Å². The average molecular weight is 836 g/mol. The molecule has 0 radical (unpaired) electrons. The molecule has 0 aliphatic carbocycles. The van der Waals surface area contributed by atoms with Gasteiger partial charge in [0.15, 0.2) is 0 Å². The van der Waals surface area contributed by atoms with Crippen molar-refractivity contribution in [1.82, 2.24) is 59.7 Å². The monoisotopic (exact) mass is 835 g/mol. The molecular formula is C37H31ClIN13O. The third kappa shape index (κ3) is 8.05. The molecule has 1 aromatic carbocycles. The molecule has 0 unspecified atom stereocenters. The van der Waals surface area contributed by atoms with Crippen molar-refractivity contribution in [2.75, 3.05) is 5.73 Å². The lowest BCUT2D eigenvalue weighted by Gasteiger charge is -2.11. The number of carbonyl (C=O) groups excluding carboxylic acids is 1. The zero-order valence-corrected chi connectivity index (χ0v) is 31.3. The molecule has 9 aromatic rings. The van der Waals surface area contributed by atoms with Crippen LogP contribution in [0.2, 0.25) is 5.02 Å². The van der Waals surface area contributed by atoms with Gasteiger partial charge < -0.3 is 25.6 Å². The quantitative estimate of drug-likeness (QED) is 0.135. The summed E-state index contributed by atoms with van der Waals surface area (Å²) >= 11 is 8.35. The Kier molecular flexibility index (Phi) is 10.4. The number of H-pyrrole nitrogens is 2. The molecule has 264 valence electrons. The SMILES string of the molecule is Cc1cc(N)nc(C)c1CNC(=O)c1cn(Cc2ccc3ncc(Cl)cc3c2)c2ncncc12.Ic1c[nH]c2ncncc12.c1ncc2cc[nH]c2n1. The predicted octanol–water partition coefficient (Wildman–Crippen LogP) is 6.73. The van der Waals surface area contributed by atoms with E-state index in [1.807, 2.05) is 67.3 Å². The minimum absolute atomic E-state index is 0.205. The van der Waals surface area contributed by atoms with E-state index in [-0.39, 0.29) is 5.91 Å². The Morgan fingerprint density at radius 1 is 0.887 bits per heavy atom. The predicted molar refractivity (Wildman–Crippen MR) is 213 cm³/mol. The van der Waals surface area contributed by atoms with Crippen molar-refractivity contribution < 1.29 is 4.79 Å². The standard InChI is InChI=1S/C25H22ClN7O.C6H4IN3.C6H5N3/c1-14-5-23(27)32-15(2)19(14)10-30-25(34)21-12-33(24-20(21)9-28-13-31-24)11-16-3-4-22-17(6-16)7-18(26)8-29-22;7-5-2-9-6-4(5)1-8-3-10-6;1-2-8-6-5(1)3-7-4-9-6/h3-9,12-13H,10-11H2,1-2H3,(H2,27,32)(H,30,34);1-3H,(H,8,9,10);1-4H,(H,7,8,9). The van der Waals surface area contributed by atoms with Crippen LogP contribution in [0.15, 0.2) is 98.8 Å². The number of amides is 1. The van der Waals surface area contributed by atoms with E-state index in [9.17, 15) is 4.79 Å². The maximum absolute atomic E-state index is 13.2. The molecule has 8 aromatic heterocycles. The van der Waals surface area contributed by atoms with Crippen LogP contribution in [0.1, 0.15) is 32.7 Å². The Balaban J connectivity index is 0.000000183. The maximum atomic E-state index is 13.2. The number of nitrogen functional groups attached to an aromatic ring is 1. The van der Waals surface area contributed by atoms with Gasteiger partial charge in [-0.2, -0.15) is 0 Å². The van der Waals surface area contributed by atoms with Gasteiger partial charge in [0.2, 0.25) is 0 Å². The molecule has 0 fully saturated rings. The second-order valence-corrected chi connectivity index (χ2v) is 13.5. The van der Waals surface area contributed by atoms with E-state index in [1.54, 1.807) is 30.9 Å². The second-order valence-electron chi connectivity index (χ2n) is 11.9. The number of halogens is 2. The number of nitrogens with one attached hydrogen (secondary N) is 3. The summed E-state index contributed by atoms with van der Waals surface area (Å²) in [5.41, 5.74) is 13.5. The summed E-state index contributed by atoms with van der Waals surface area (Å²) in [6, 6.07) is 11.6. The third-order valence-electron chi connectivity index (χ3n) is 8.38. The number of aromatic nitrogens is 11. The third-order valence-corrected chi connectivity index (χ3v) is 9.48. The van der Waals surface area contributed by atoms with Gasteiger partial charge in [0.25, 0.3) is 5.91 Å². The van der Waals surface area contributed by atoms with Crippen LogP contribution in [-0.4, -0.2) is 60.3 Å². The zero-order chi connectivity index (χ0) is 36.9. The molecule has 0 spiro atoms. The van der Waals surface area contributed by atoms with Gasteiger partial charge in [-0.15, -0.1) is 0 Å². The number of carbonyl (C=O) groups is 1. The summed E-state index contributed by atoms with van der Waals surface area (Å²) in [7, 11) is 0. The fourth-order valence-electron chi connectivity index (χ4n) is 5.82. The number of pyridine rings is 2. The van der Waals surface area contributed by atoms with Gasteiger partial charge in [-0.1, -0.05) is 17.7 Å². The number of hydrogen-bond donors (Lipinski definition) is 4. The van der Waals surface area contributed by atoms with E-state index in [1.165, 1.54) is 19.0 Å². The lowest BCUT2D eigenvalue weighted by molar-refractivity contribution is 0.0952. The minimum Gasteiger partial charge on any atom is -0.384 e. The van der Waals surface area contributed by atoms with E-state index in [0.29, 0.717) is 40.5 Å². The van der Waals surface area contributed by atoms with Gasteiger partial charge in [0.1, 0.15) is 41.7 Å². The van der Waals surface area contributed by atoms with Crippen LogP contribution in [0.4, 0.5) is 5.82 Å². The summed E-state index contributed by atoms with van der Waals surface area (Å²) in [6.45, 7) is 4.72. The smallest absolute Gasteiger partial charge is 0.253 e. The van der Waals surface area contributed by atoms with Gasteiger partial charge >= 0.3 is 0 Å². The molecule has 16 heteroatoms. The highest BCUT2D eigenvalue weighted by Gasteiger charge is 2.17. The summed E-state index contributed by atoms with van der Waals surface area (Å²) in [6.07, 6.45) is 17.0. The number of aryl methyl sites for hydroxylation is 2. The number of fused-ring (bicyclic) bond motifs is 4. The number of hydrogen-bond acceptors (Lipinski definition) is 10. The van der Waals surface area contributed by atoms with Crippen molar-refractivity contribution in [3.8, 4) is 0 Å². The van der Waals surface area contributed by atoms with Crippen molar-refractivity contribution in [2.24, 2.45) is 0 Å². The number of anilines is 1. The average Bonchev–Trinajstić information content (AvgIpc) is 3.89. The van der Waals surface area contributed by atoms with Gasteiger partial charge in [-0.25, -0.2) is 34.9 Å². The Morgan fingerprint density at radius 2 is 1.66 bits per heavy atom. The first-order valence-corrected chi connectivity index (χ1v) is 17.7. The molecule has 5 N–H and O–H groups in total. The van der Waals surface area contributed by atoms with Crippen molar-refractivity contribution in [2.45, 2.75) is 26.9 Å². The Hall–Kier alpha value is -6.07. The van der Waals surface area contributed by atoms with E-state index in [2.05, 4.69) is 77.7 Å². The number of nitrogens with zero attached hydrogens (tertiary/aromatic N) is 9. The largest absolute Gasteiger partial charge is 0.384 e. The van der Waals surface area contributed by atoms with Crippen LogP contribution in [-0.2, 0) is 13.1 Å². The molecule has 8 heterocycles. The van der Waals surface area contributed by atoms with Gasteiger partial charge in [0.05, 0.1) is 26.9 Å². The molecule has 53 heavy (non-hydrogen) atoms. The Morgan fingerprint density at radius 3 is 2.45 bits per heavy atom. The second kappa shape index (κ2) is 15.7. The molecule has 0 bridgehead atoms. The molecular weight excluding hydrogens is 805 g/mol. The maximum Gasteiger partial charge on any atom is 0.253 e. The van der Waals surface area contributed by atoms with Crippen LogP contribution < -0.4 is 11.1 Å². The first-order chi connectivity index (χ1) is 25.7. The van der Waals surface area contributed by atoms with E-state index >= 15 is 0 Å². The first-order valence-electron chi connectivity index (χ1n) is 16.2. The van der Waals surface area contributed by atoms with Crippen LogP contribution in [0.25, 0.3) is 44.0 Å². The summed E-state index contributed by atoms with van der Waals surface area (Å²) in [5, 5.41) is 7.38. The zero-order valence-electron chi connectivity index (χ0n) is 28.4. The van der Waals surface area contributed by atoms with Crippen molar-refractivity contribution in [1.29, 1.82) is 0 Å². The highest BCUT2D eigenvalue weighted by atomic mass is 127. The fraction of sp³-hybridized carbons (Fsp3) is 0.108. The molecule has 0 atom stereocenters.